The summed E-state index contributed by atoms with van der Waals surface area (Å²) in [4.78, 5) is 8.00. The molecule has 0 radical (unpaired) electrons. The average Bonchev–Trinajstić information content (AvgIpc) is 1.22. The fourth-order valence-corrected chi connectivity index (χ4v) is 19.2. The quantitative estimate of drug-likeness (QED) is 0.114. The van der Waals surface area contributed by atoms with Gasteiger partial charge >= 0.3 is 0 Å². The minimum Gasteiger partial charge on any atom is -0.310 e. The smallest absolute Gasteiger partial charge is 0.252 e. The molecule has 0 spiro atoms. The van der Waals surface area contributed by atoms with Crippen LogP contribution >= 0.6 is 0 Å². The molecule has 0 aliphatic carbocycles. The normalized spacial score (nSPS) is 13.0. The van der Waals surface area contributed by atoms with Crippen LogP contribution in [0.2, 0.25) is 0 Å². The van der Waals surface area contributed by atoms with Crippen LogP contribution in [-0.2, 0) is 27.1 Å². The summed E-state index contributed by atoms with van der Waals surface area (Å²) < 4.78 is 5.00. The van der Waals surface area contributed by atoms with E-state index in [0.29, 0.717) is 0 Å². The van der Waals surface area contributed by atoms with Crippen molar-refractivity contribution in [3.05, 3.63) is 386 Å². The first-order valence-corrected chi connectivity index (χ1v) is 43.5. The lowest BCUT2D eigenvalue weighted by atomic mass is 9.33. The predicted molar refractivity (Wildman–Crippen MR) is 525 cm³/mol. The Hall–Kier alpha value is -13.4. The van der Waals surface area contributed by atoms with Crippen LogP contribution in [0.3, 0.4) is 0 Å². The van der Waals surface area contributed by atoms with E-state index in [1.54, 1.807) is 0 Å². The number of para-hydroxylation sites is 4. The summed E-state index contributed by atoms with van der Waals surface area (Å²) in [5.74, 6) is 0. The molecular formula is C116H104BN5. The lowest BCUT2D eigenvalue weighted by molar-refractivity contribution is 0.569. The Balaban J connectivity index is 0.974. The molecule has 2 aromatic heterocycles. The molecule has 2 aliphatic heterocycles. The van der Waals surface area contributed by atoms with E-state index in [9.17, 15) is 0 Å². The molecule has 16 aromatic carbocycles. The number of aromatic nitrogens is 2. The van der Waals surface area contributed by atoms with E-state index in [0.717, 1.165) is 113 Å². The molecule has 0 unspecified atom stereocenters. The molecule has 0 saturated carbocycles. The van der Waals surface area contributed by atoms with E-state index >= 15 is 0 Å². The van der Waals surface area contributed by atoms with Crippen molar-refractivity contribution in [1.29, 1.82) is 0 Å². The Morgan fingerprint density at radius 2 is 0.590 bits per heavy atom. The van der Waals surface area contributed by atoms with Gasteiger partial charge in [0.1, 0.15) is 0 Å². The van der Waals surface area contributed by atoms with Crippen molar-refractivity contribution >= 4 is 118 Å². The Kier molecular flexibility index (Phi) is 18.5. The molecule has 6 heteroatoms. The van der Waals surface area contributed by atoms with Crippen molar-refractivity contribution in [2.45, 2.75) is 131 Å². The number of hydrogen-bond acceptors (Lipinski definition) is 3. The lowest BCUT2D eigenvalue weighted by Crippen LogP contribution is -2.61. The maximum Gasteiger partial charge on any atom is 0.252 e. The Labute approximate surface area is 720 Å². The largest absolute Gasteiger partial charge is 0.310 e. The monoisotopic (exact) mass is 1580 g/mol. The van der Waals surface area contributed by atoms with Gasteiger partial charge in [0.25, 0.3) is 6.71 Å². The first-order chi connectivity index (χ1) is 58.7. The third-order valence-electron chi connectivity index (χ3n) is 25.8. The van der Waals surface area contributed by atoms with Crippen molar-refractivity contribution < 1.29 is 0 Å². The second-order valence-corrected chi connectivity index (χ2v) is 39.0. The van der Waals surface area contributed by atoms with Crippen LogP contribution in [0, 0.1) is 0 Å². The van der Waals surface area contributed by atoms with Gasteiger partial charge in [-0.05, 0) is 220 Å². The Bertz CT molecular complexity index is 6850. The molecule has 18 aromatic rings. The van der Waals surface area contributed by atoms with Gasteiger partial charge in [0, 0.05) is 89.3 Å². The van der Waals surface area contributed by atoms with Crippen LogP contribution in [0.1, 0.15) is 132 Å². The van der Waals surface area contributed by atoms with Gasteiger partial charge in [-0.3, -0.25) is 0 Å². The van der Waals surface area contributed by atoms with Gasteiger partial charge in [-0.1, -0.05) is 347 Å². The van der Waals surface area contributed by atoms with E-state index in [2.05, 4.69) is 486 Å². The number of anilines is 9. The highest BCUT2D eigenvalue weighted by Crippen LogP contribution is 2.57. The third kappa shape index (κ3) is 13.3. The fourth-order valence-electron chi connectivity index (χ4n) is 19.2. The summed E-state index contributed by atoms with van der Waals surface area (Å²) in [5, 5.41) is 4.95. The van der Waals surface area contributed by atoms with E-state index in [1.165, 1.54) is 93.4 Å². The maximum atomic E-state index is 2.75. The van der Waals surface area contributed by atoms with Gasteiger partial charge in [0.15, 0.2) is 0 Å². The zero-order chi connectivity index (χ0) is 84.0. The van der Waals surface area contributed by atoms with E-state index in [-0.39, 0.29) is 33.8 Å². The summed E-state index contributed by atoms with van der Waals surface area (Å²) in [6.07, 6.45) is 0. The summed E-state index contributed by atoms with van der Waals surface area (Å²) in [5.41, 5.74) is 37.2. The van der Waals surface area contributed by atoms with Gasteiger partial charge < -0.3 is 23.8 Å². The summed E-state index contributed by atoms with van der Waals surface area (Å²) >= 11 is 0. The SMILES string of the molecule is CC(C)(C)c1cc(-c2ccc3c(c2)N(c2c(-c4ccccc4)cccc2-c2ccccc2)c2cc(N(c4ccccc4)c4ccc(-n5c6ccccc6c6ccccc65)cc4)cc4c2B3c2ccc(-n3c5ccc(C(C)(C)C)cc5c5cc(C(C)(C)C)ccc53)cc2N4c2c(-c3ccccc3)cc(C(C)(C)C)cc2-c2ccccc2)cc(C(C)(C)C)c1. The molecule has 20 rings (SSSR count). The molecule has 0 fully saturated rings. The molecule has 0 amide bonds. The zero-order valence-electron chi connectivity index (χ0n) is 72.9. The van der Waals surface area contributed by atoms with Crippen molar-refractivity contribution in [3.8, 4) is 67.0 Å². The third-order valence-corrected chi connectivity index (χ3v) is 25.8. The number of fused-ring (bicyclic) bond motifs is 10. The van der Waals surface area contributed by atoms with Crippen LogP contribution in [0.4, 0.5) is 51.2 Å². The van der Waals surface area contributed by atoms with E-state index in [4.69, 9.17) is 0 Å². The van der Waals surface area contributed by atoms with Crippen molar-refractivity contribution in [3.63, 3.8) is 0 Å². The van der Waals surface area contributed by atoms with E-state index in [1.807, 2.05) is 0 Å². The molecule has 4 heterocycles. The van der Waals surface area contributed by atoms with Gasteiger partial charge in [-0.15, -0.1) is 0 Å². The highest BCUT2D eigenvalue weighted by atomic mass is 15.2. The second kappa shape index (κ2) is 29.2. The van der Waals surface area contributed by atoms with Gasteiger partial charge in [-0.25, -0.2) is 0 Å². The highest BCUT2D eigenvalue weighted by Gasteiger charge is 2.47. The maximum absolute atomic E-state index is 2.75. The van der Waals surface area contributed by atoms with Crippen LogP contribution in [0.25, 0.3) is 111 Å². The first-order valence-electron chi connectivity index (χ1n) is 43.5. The van der Waals surface area contributed by atoms with Crippen LogP contribution in [0.15, 0.2) is 358 Å². The Morgan fingerprint density at radius 3 is 1.05 bits per heavy atom. The van der Waals surface area contributed by atoms with Gasteiger partial charge in [0.2, 0.25) is 0 Å². The minimum absolute atomic E-state index is 0.0880. The number of benzene rings is 16. The standard InChI is InChI=1S/C116H104BN5/c1-112(2,3)81-53-62-103-97(68-81)98-69-82(113(4,5)6)54-63-104(98)120(103)89-59-61-100-106(72-89)122(111-95(77-40-25-18-26-41-77)70-85(116(13,14)15)71-96(111)78-42-27-19-28-43-78)108-74-90(118(86-44-29-20-30-45-86)87-55-57-88(58-56-87)119-101-50-33-31-46-93(101)94-47-32-34-51-102(94)119)73-107-109(108)117(100)99-60-52-79(80-64-83(114(7,8)9)67-84(65-80)115(10,11)12)66-105(99)121(107)110-91(75-36-21-16-22-37-75)48-35-49-92(110)76-38-23-17-24-39-76/h16-74H,1-15H3. The lowest BCUT2D eigenvalue weighted by Gasteiger charge is -2.46. The molecule has 0 bridgehead atoms. The predicted octanol–water partition coefficient (Wildman–Crippen LogP) is 30.3. The van der Waals surface area contributed by atoms with Crippen molar-refractivity contribution in [2.75, 3.05) is 14.7 Å². The Morgan fingerprint density at radius 1 is 0.221 bits per heavy atom. The second-order valence-electron chi connectivity index (χ2n) is 39.0. The molecular weight excluding hydrogens is 1470 g/mol. The average molecular weight is 1580 g/mol. The fraction of sp³-hybridized carbons (Fsp3) is 0.172. The highest BCUT2D eigenvalue weighted by molar-refractivity contribution is 7.00. The zero-order valence-corrected chi connectivity index (χ0v) is 72.9. The molecule has 0 saturated heterocycles. The summed E-state index contributed by atoms with van der Waals surface area (Å²) in [6.45, 7) is 35.0. The molecule has 596 valence electrons. The number of hydrogen-bond donors (Lipinski definition) is 0. The molecule has 122 heavy (non-hydrogen) atoms. The molecule has 5 nitrogen and oxygen atoms in total. The molecule has 0 atom stereocenters. The summed E-state index contributed by atoms with van der Waals surface area (Å²) in [7, 11) is 0. The topological polar surface area (TPSA) is 19.6 Å². The van der Waals surface area contributed by atoms with Crippen LogP contribution in [-0.4, -0.2) is 15.8 Å². The number of nitrogens with zero attached hydrogens (tertiary/aromatic N) is 5. The first kappa shape index (κ1) is 77.2. The van der Waals surface area contributed by atoms with Crippen LogP contribution < -0.4 is 31.1 Å². The minimum atomic E-state index is -0.323. The van der Waals surface area contributed by atoms with Crippen molar-refractivity contribution in [1.82, 2.24) is 9.13 Å². The van der Waals surface area contributed by atoms with Crippen molar-refractivity contribution in [2.24, 2.45) is 0 Å². The summed E-state index contributed by atoms with van der Waals surface area (Å²) in [6, 6.07) is 137. The van der Waals surface area contributed by atoms with Gasteiger partial charge in [-0.2, -0.15) is 0 Å². The van der Waals surface area contributed by atoms with E-state index < -0.39 is 0 Å². The molecule has 2 aliphatic rings. The molecule has 0 N–H and O–H groups in total. The van der Waals surface area contributed by atoms with Crippen LogP contribution in [0.5, 0.6) is 0 Å². The van der Waals surface area contributed by atoms with Gasteiger partial charge in [0.05, 0.1) is 39.1 Å². The number of rotatable bonds is 12.